The Hall–Kier alpha value is -3.07. The highest BCUT2D eigenvalue weighted by Crippen LogP contribution is 2.30. The molecular weight excluding hydrogens is 356 g/mol. The third kappa shape index (κ3) is 3.65. The van der Waals surface area contributed by atoms with Crippen molar-refractivity contribution in [3.8, 4) is 0 Å². The van der Waals surface area contributed by atoms with Gasteiger partial charge in [-0.2, -0.15) is 0 Å². The molecule has 3 nitrogen and oxygen atoms in total. The summed E-state index contributed by atoms with van der Waals surface area (Å²) < 4.78 is 0. The highest BCUT2D eigenvalue weighted by atomic mass is 16.2. The number of hydrogen-bond acceptors (Lipinski definition) is 2. The Morgan fingerprint density at radius 1 is 0.759 bits per heavy atom. The van der Waals surface area contributed by atoms with Crippen molar-refractivity contribution in [2.24, 2.45) is 0 Å². The molecule has 146 valence electrons. The van der Waals surface area contributed by atoms with Gasteiger partial charge in [-0.25, -0.2) is 0 Å². The summed E-state index contributed by atoms with van der Waals surface area (Å²) >= 11 is 0. The molecule has 0 bridgehead atoms. The van der Waals surface area contributed by atoms with Crippen LogP contribution in [0.2, 0.25) is 0 Å². The lowest BCUT2D eigenvalue weighted by molar-refractivity contribution is 0.0675. The minimum Gasteiger partial charge on any atom is -0.371 e. The molecule has 1 saturated heterocycles. The molecule has 3 aromatic rings. The van der Waals surface area contributed by atoms with Gasteiger partial charge in [-0.05, 0) is 54.2 Å². The maximum Gasteiger partial charge on any atom is 0.254 e. The fourth-order valence-corrected chi connectivity index (χ4v) is 4.66. The lowest BCUT2D eigenvalue weighted by Crippen LogP contribution is -2.45. The molecule has 0 aromatic heterocycles. The van der Waals surface area contributed by atoms with Crippen molar-refractivity contribution in [3.63, 3.8) is 0 Å². The van der Waals surface area contributed by atoms with Gasteiger partial charge in [-0.1, -0.05) is 60.7 Å². The van der Waals surface area contributed by atoms with Gasteiger partial charge in [0.05, 0.1) is 0 Å². The van der Waals surface area contributed by atoms with Gasteiger partial charge in [-0.3, -0.25) is 4.79 Å². The van der Waals surface area contributed by atoms with E-state index in [0.29, 0.717) is 6.04 Å². The zero-order chi connectivity index (χ0) is 19.6. The van der Waals surface area contributed by atoms with E-state index in [2.05, 4.69) is 70.5 Å². The highest BCUT2D eigenvalue weighted by Gasteiger charge is 2.34. The van der Waals surface area contributed by atoms with E-state index >= 15 is 0 Å². The minimum atomic E-state index is 0.212. The number of rotatable bonds is 4. The summed E-state index contributed by atoms with van der Waals surface area (Å²) in [6.45, 7) is 2.78. The maximum absolute atomic E-state index is 12.7. The topological polar surface area (TPSA) is 23.6 Å². The van der Waals surface area contributed by atoms with Crippen molar-refractivity contribution in [2.75, 3.05) is 18.0 Å². The summed E-state index contributed by atoms with van der Waals surface area (Å²) in [4.78, 5) is 17.3. The Morgan fingerprint density at radius 2 is 1.41 bits per heavy atom. The average molecular weight is 383 g/mol. The molecule has 1 fully saturated rings. The molecule has 1 amide bonds. The van der Waals surface area contributed by atoms with Crippen molar-refractivity contribution >= 4 is 11.6 Å². The smallest absolute Gasteiger partial charge is 0.254 e. The zero-order valence-electron chi connectivity index (χ0n) is 16.6. The first-order valence-electron chi connectivity index (χ1n) is 10.5. The van der Waals surface area contributed by atoms with Gasteiger partial charge in [0.2, 0.25) is 0 Å². The van der Waals surface area contributed by atoms with Gasteiger partial charge in [0, 0.05) is 36.9 Å². The SMILES string of the molecule is O=C1c2ccccc2CN1C1CCN(c2ccc(Cc3ccccc3)cc2)CC1. The molecule has 0 saturated carbocycles. The fraction of sp³-hybridized carbons (Fsp3) is 0.269. The summed E-state index contributed by atoms with van der Waals surface area (Å²) in [6, 6.07) is 28.0. The van der Waals surface area contributed by atoms with Gasteiger partial charge >= 0.3 is 0 Å². The molecule has 3 heteroatoms. The lowest BCUT2D eigenvalue weighted by atomic mass is 10.0. The van der Waals surface area contributed by atoms with Crippen LogP contribution in [-0.4, -0.2) is 29.9 Å². The highest BCUT2D eigenvalue weighted by molar-refractivity contribution is 5.98. The predicted octanol–water partition coefficient (Wildman–Crippen LogP) is 4.90. The molecule has 5 rings (SSSR count). The quantitative estimate of drug-likeness (QED) is 0.641. The Bertz CT molecular complexity index is 989. The third-order valence-electron chi connectivity index (χ3n) is 6.31. The number of fused-ring (bicyclic) bond motifs is 1. The van der Waals surface area contributed by atoms with Crippen molar-refractivity contribution in [1.29, 1.82) is 0 Å². The van der Waals surface area contributed by atoms with E-state index in [-0.39, 0.29) is 5.91 Å². The first-order chi connectivity index (χ1) is 14.3. The van der Waals surface area contributed by atoms with Crippen molar-refractivity contribution < 1.29 is 4.79 Å². The summed E-state index contributed by atoms with van der Waals surface area (Å²) in [6.07, 6.45) is 3.04. The molecular formula is C26H26N2O. The number of anilines is 1. The number of piperidine rings is 1. The Morgan fingerprint density at radius 3 is 2.14 bits per heavy atom. The van der Waals surface area contributed by atoms with Crippen LogP contribution in [-0.2, 0) is 13.0 Å². The van der Waals surface area contributed by atoms with E-state index < -0.39 is 0 Å². The van der Waals surface area contributed by atoms with Crippen LogP contribution in [0.1, 0.15) is 39.9 Å². The summed E-state index contributed by atoms with van der Waals surface area (Å²) in [5.74, 6) is 0.212. The second-order valence-electron chi connectivity index (χ2n) is 8.14. The largest absolute Gasteiger partial charge is 0.371 e. The van der Waals surface area contributed by atoms with Crippen LogP contribution >= 0.6 is 0 Å². The fourth-order valence-electron chi connectivity index (χ4n) is 4.66. The van der Waals surface area contributed by atoms with Crippen molar-refractivity contribution in [1.82, 2.24) is 4.90 Å². The van der Waals surface area contributed by atoms with E-state index in [1.807, 2.05) is 18.2 Å². The monoisotopic (exact) mass is 382 g/mol. The molecule has 0 radical (unpaired) electrons. The van der Waals surface area contributed by atoms with Gasteiger partial charge in [-0.15, -0.1) is 0 Å². The molecule has 29 heavy (non-hydrogen) atoms. The minimum absolute atomic E-state index is 0.212. The van der Waals surface area contributed by atoms with Gasteiger partial charge in [0.1, 0.15) is 0 Å². The van der Waals surface area contributed by atoms with E-state index in [1.54, 1.807) is 0 Å². The number of carbonyl (C=O) groups excluding carboxylic acids is 1. The molecule has 0 spiro atoms. The van der Waals surface area contributed by atoms with Crippen LogP contribution in [0.4, 0.5) is 5.69 Å². The summed E-state index contributed by atoms with van der Waals surface area (Å²) in [5, 5.41) is 0. The molecule has 2 aliphatic rings. The van der Waals surface area contributed by atoms with E-state index in [0.717, 1.165) is 44.5 Å². The summed E-state index contributed by atoms with van der Waals surface area (Å²) in [7, 11) is 0. The van der Waals surface area contributed by atoms with E-state index in [1.165, 1.54) is 22.4 Å². The van der Waals surface area contributed by atoms with Gasteiger partial charge in [0.15, 0.2) is 0 Å². The molecule has 2 heterocycles. The lowest BCUT2D eigenvalue weighted by Gasteiger charge is -2.37. The van der Waals surface area contributed by atoms with Crippen LogP contribution in [0.25, 0.3) is 0 Å². The zero-order valence-corrected chi connectivity index (χ0v) is 16.6. The van der Waals surface area contributed by atoms with Crippen molar-refractivity contribution in [3.05, 3.63) is 101 Å². The molecule has 0 N–H and O–H groups in total. The second-order valence-corrected chi connectivity index (χ2v) is 8.14. The van der Waals surface area contributed by atoms with Crippen LogP contribution in [0, 0.1) is 0 Å². The first kappa shape index (κ1) is 18.0. The molecule has 0 unspecified atom stereocenters. The third-order valence-corrected chi connectivity index (χ3v) is 6.31. The van der Waals surface area contributed by atoms with Gasteiger partial charge in [0.25, 0.3) is 5.91 Å². The summed E-state index contributed by atoms with van der Waals surface area (Å²) in [5.41, 5.74) is 6.04. The predicted molar refractivity (Wildman–Crippen MR) is 117 cm³/mol. The number of carbonyl (C=O) groups is 1. The standard InChI is InChI=1S/C26H26N2O/c29-26-25-9-5-4-8-22(25)19-28(26)24-14-16-27(17-15-24)23-12-10-21(11-13-23)18-20-6-2-1-3-7-20/h1-13,24H,14-19H2. The maximum atomic E-state index is 12.7. The van der Waals surface area contributed by atoms with Crippen LogP contribution < -0.4 is 4.90 Å². The Kier molecular flexibility index (Phi) is 4.81. The average Bonchev–Trinajstić information content (AvgIpc) is 3.12. The Balaban J connectivity index is 1.20. The number of amides is 1. The van der Waals surface area contributed by atoms with Crippen LogP contribution in [0.3, 0.4) is 0 Å². The van der Waals surface area contributed by atoms with Crippen molar-refractivity contribution in [2.45, 2.75) is 31.8 Å². The van der Waals surface area contributed by atoms with E-state index in [4.69, 9.17) is 0 Å². The van der Waals surface area contributed by atoms with Crippen LogP contribution in [0.15, 0.2) is 78.9 Å². The molecule has 3 aromatic carbocycles. The van der Waals surface area contributed by atoms with Gasteiger partial charge < -0.3 is 9.80 Å². The first-order valence-corrected chi connectivity index (χ1v) is 10.5. The molecule has 0 atom stereocenters. The normalized spacial score (nSPS) is 16.9. The van der Waals surface area contributed by atoms with Crippen LogP contribution in [0.5, 0.6) is 0 Å². The number of nitrogens with zero attached hydrogens (tertiary/aromatic N) is 2. The molecule has 0 aliphatic carbocycles. The second kappa shape index (κ2) is 7.75. The number of hydrogen-bond donors (Lipinski definition) is 0. The Labute approximate surface area is 172 Å². The van der Waals surface area contributed by atoms with E-state index in [9.17, 15) is 4.79 Å². The molecule has 2 aliphatic heterocycles. The number of benzene rings is 3.